The van der Waals surface area contributed by atoms with Gasteiger partial charge in [-0.15, -0.1) is 0 Å². The van der Waals surface area contributed by atoms with Gasteiger partial charge in [0.15, 0.2) is 0 Å². The van der Waals surface area contributed by atoms with Crippen molar-refractivity contribution in [2.24, 2.45) is 5.73 Å². The van der Waals surface area contributed by atoms with Crippen molar-refractivity contribution < 1.29 is 13.2 Å². The van der Waals surface area contributed by atoms with E-state index >= 15 is 0 Å². The predicted octanol–water partition coefficient (Wildman–Crippen LogP) is 3.76. The van der Waals surface area contributed by atoms with Gasteiger partial charge in [-0.25, -0.2) is 0 Å². The van der Waals surface area contributed by atoms with Gasteiger partial charge >= 0.3 is 6.18 Å². The van der Waals surface area contributed by atoms with Crippen molar-refractivity contribution in [3.05, 3.63) is 35.4 Å². The van der Waals surface area contributed by atoms with Crippen LogP contribution in [0.15, 0.2) is 24.3 Å². The van der Waals surface area contributed by atoms with E-state index in [-0.39, 0.29) is 11.5 Å². The lowest BCUT2D eigenvalue weighted by molar-refractivity contribution is -0.149. The number of benzene rings is 1. The largest absolute Gasteiger partial charge is 0.407 e. The van der Waals surface area contributed by atoms with Crippen LogP contribution < -0.4 is 5.73 Å². The number of halogens is 3. The summed E-state index contributed by atoms with van der Waals surface area (Å²) in [4.78, 5) is 0. The molecule has 0 radical (unpaired) electrons. The quantitative estimate of drug-likeness (QED) is 0.842. The van der Waals surface area contributed by atoms with E-state index in [1.165, 1.54) is 6.07 Å². The van der Waals surface area contributed by atoms with E-state index in [4.69, 9.17) is 5.73 Å². The third kappa shape index (κ3) is 2.76. The summed E-state index contributed by atoms with van der Waals surface area (Å²) in [6, 6.07) is 4.62. The normalized spacial score (nSPS) is 15.9. The molecule has 0 aliphatic heterocycles. The maximum absolute atomic E-state index is 12.6. The molecule has 0 saturated heterocycles. The first-order chi connectivity index (χ1) is 7.38. The fraction of sp³-hybridized carbons (Fsp3) is 0.500. The van der Waals surface area contributed by atoms with Crippen LogP contribution in [0, 0.1) is 0 Å². The summed E-state index contributed by atoms with van der Waals surface area (Å²) in [6.07, 6.45) is -3.59. The lowest BCUT2D eigenvalue weighted by Crippen LogP contribution is -2.29. The third-order valence-corrected chi connectivity index (χ3v) is 2.83. The first kappa shape index (κ1) is 13.0. The second kappa shape index (κ2) is 4.87. The van der Waals surface area contributed by atoms with E-state index < -0.39 is 12.2 Å². The van der Waals surface area contributed by atoms with Crippen LogP contribution in [0.2, 0.25) is 0 Å². The molecule has 90 valence electrons. The van der Waals surface area contributed by atoms with E-state index in [0.717, 1.165) is 6.42 Å². The van der Waals surface area contributed by atoms with Crippen LogP contribution >= 0.6 is 0 Å². The molecule has 1 unspecified atom stereocenters. The number of alkyl halides is 3. The topological polar surface area (TPSA) is 26.0 Å². The molecule has 0 aliphatic rings. The molecule has 0 fully saturated rings. The first-order valence-corrected chi connectivity index (χ1v) is 5.29. The van der Waals surface area contributed by atoms with Gasteiger partial charge in [0.25, 0.3) is 0 Å². The molecule has 16 heavy (non-hydrogen) atoms. The lowest BCUT2D eigenvalue weighted by atomic mass is 9.90. The summed E-state index contributed by atoms with van der Waals surface area (Å²) in [7, 11) is 0. The predicted molar refractivity (Wildman–Crippen MR) is 58.1 cm³/mol. The fourth-order valence-electron chi connectivity index (χ4n) is 1.64. The average molecular weight is 231 g/mol. The third-order valence-electron chi connectivity index (χ3n) is 2.83. The summed E-state index contributed by atoms with van der Waals surface area (Å²) in [6.45, 7) is 3.85. The van der Waals surface area contributed by atoms with Gasteiger partial charge in [0.05, 0.1) is 0 Å². The number of rotatable bonds is 3. The molecule has 2 atom stereocenters. The Morgan fingerprint density at radius 2 is 1.69 bits per heavy atom. The van der Waals surface area contributed by atoms with Crippen LogP contribution in [0.1, 0.15) is 43.4 Å². The Hall–Kier alpha value is -1.03. The highest BCUT2D eigenvalue weighted by atomic mass is 19.4. The zero-order valence-electron chi connectivity index (χ0n) is 9.38. The van der Waals surface area contributed by atoms with Crippen molar-refractivity contribution in [2.45, 2.75) is 38.4 Å². The Morgan fingerprint density at radius 3 is 2.12 bits per heavy atom. The zero-order chi connectivity index (χ0) is 12.3. The highest BCUT2D eigenvalue weighted by Crippen LogP contribution is 2.35. The highest BCUT2D eigenvalue weighted by Gasteiger charge is 2.39. The van der Waals surface area contributed by atoms with E-state index in [1.54, 1.807) is 18.2 Å². The van der Waals surface area contributed by atoms with Crippen molar-refractivity contribution in [3.63, 3.8) is 0 Å². The SMILES string of the molecule is CCC(C)c1ccccc1[C@H](N)C(F)(F)F. The maximum Gasteiger partial charge on any atom is 0.407 e. The molecule has 0 spiro atoms. The van der Waals surface area contributed by atoms with Crippen molar-refractivity contribution in [3.8, 4) is 0 Å². The Balaban J connectivity index is 3.13. The number of hydrogen-bond donors (Lipinski definition) is 1. The van der Waals surface area contributed by atoms with E-state index in [9.17, 15) is 13.2 Å². The van der Waals surface area contributed by atoms with Gasteiger partial charge in [-0.1, -0.05) is 38.1 Å². The van der Waals surface area contributed by atoms with Crippen LogP contribution in [0.25, 0.3) is 0 Å². The Labute approximate surface area is 93.5 Å². The fourth-order valence-corrected chi connectivity index (χ4v) is 1.64. The highest BCUT2D eigenvalue weighted by molar-refractivity contribution is 5.33. The minimum atomic E-state index is -4.39. The maximum atomic E-state index is 12.6. The molecule has 1 aromatic carbocycles. The first-order valence-electron chi connectivity index (χ1n) is 5.29. The van der Waals surface area contributed by atoms with Gasteiger partial charge in [0.2, 0.25) is 0 Å². The van der Waals surface area contributed by atoms with Crippen molar-refractivity contribution in [1.29, 1.82) is 0 Å². The molecular formula is C12H16F3N. The summed E-state index contributed by atoms with van der Waals surface area (Å²) in [5.41, 5.74) is 6.11. The van der Waals surface area contributed by atoms with Crippen molar-refractivity contribution >= 4 is 0 Å². The lowest BCUT2D eigenvalue weighted by Gasteiger charge is -2.21. The molecular weight excluding hydrogens is 215 g/mol. The second-order valence-corrected chi connectivity index (χ2v) is 3.96. The number of hydrogen-bond acceptors (Lipinski definition) is 1. The van der Waals surface area contributed by atoms with Crippen LogP contribution in [-0.2, 0) is 0 Å². The van der Waals surface area contributed by atoms with Crippen molar-refractivity contribution in [2.75, 3.05) is 0 Å². The molecule has 1 aromatic rings. The minimum absolute atomic E-state index is 0.0876. The zero-order valence-corrected chi connectivity index (χ0v) is 9.38. The van der Waals surface area contributed by atoms with Crippen molar-refractivity contribution in [1.82, 2.24) is 0 Å². The summed E-state index contributed by atoms with van der Waals surface area (Å²) >= 11 is 0. The minimum Gasteiger partial charge on any atom is -0.316 e. The summed E-state index contributed by atoms with van der Waals surface area (Å²) in [5, 5.41) is 0. The van der Waals surface area contributed by atoms with E-state index in [1.807, 2.05) is 13.8 Å². The molecule has 0 bridgehead atoms. The van der Waals surface area contributed by atoms with Crippen LogP contribution in [-0.4, -0.2) is 6.18 Å². The molecule has 0 aromatic heterocycles. The smallest absolute Gasteiger partial charge is 0.316 e. The Bertz CT molecular complexity index is 346. The summed E-state index contributed by atoms with van der Waals surface area (Å²) < 4.78 is 37.7. The average Bonchev–Trinajstić information content (AvgIpc) is 2.25. The van der Waals surface area contributed by atoms with E-state index in [0.29, 0.717) is 5.56 Å². The van der Waals surface area contributed by atoms with Crippen LogP contribution in [0.3, 0.4) is 0 Å². The Kier molecular flexibility index (Phi) is 3.97. The molecule has 0 heterocycles. The molecule has 0 amide bonds. The summed E-state index contributed by atoms with van der Waals surface area (Å²) in [5.74, 6) is 0.0876. The van der Waals surface area contributed by atoms with Gasteiger partial charge in [0.1, 0.15) is 6.04 Å². The number of nitrogens with two attached hydrogens (primary N) is 1. The van der Waals surface area contributed by atoms with Gasteiger partial charge in [0, 0.05) is 0 Å². The standard InChI is InChI=1S/C12H16F3N/c1-3-8(2)9-6-4-5-7-10(9)11(16)12(13,14)15/h4-8,11H,3,16H2,1-2H3/t8?,11-/m0/s1. The Morgan fingerprint density at radius 1 is 1.19 bits per heavy atom. The van der Waals surface area contributed by atoms with Crippen LogP contribution in [0.5, 0.6) is 0 Å². The van der Waals surface area contributed by atoms with Crippen LogP contribution in [0.4, 0.5) is 13.2 Å². The molecule has 4 heteroatoms. The molecule has 0 saturated carbocycles. The molecule has 0 aliphatic carbocycles. The van der Waals surface area contributed by atoms with Gasteiger partial charge < -0.3 is 5.73 Å². The monoisotopic (exact) mass is 231 g/mol. The van der Waals surface area contributed by atoms with Gasteiger partial charge in [-0.2, -0.15) is 13.2 Å². The van der Waals surface area contributed by atoms with E-state index in [2.05, 4.69) is 0 Å². The van der Waals surface area contributed by atoms with Gasteiger partial charge in [-0.05, 0) is 23.5 Å². The molecule has 2 N–H and O–H groups in total. The molecule has 1 rings (SSSR count). The van der Waals surface area contributed by atoms with Gasteiger partial charge in [-0.3, -0.25) is 0 Å². The second-order valence-electron chi connectivity index (χ2n) is 3.96. The molecule has 1 nitrogen and oxygen atoms in total.